The maximum absolute atomic E-state index is 14.1. The lowest BCUT2D eigenvalue weighted by atomic mass is 9.70. The minimum Gasteiger partial charge on any atom is -0.388 e. The van der Waals surface area contributed by atoms with Crippen LogP contribution in [0.1, 0.15) is 49.3 Å². The topological polar surface area (TPSA) is 29.5 Å². The Kier molecular flexibility index (Phi) is 3.35. The van der Waals surface area contributed by atoms with Crippen molar-refractivity contribution in [2.75, 3.05) is 6.61 Å². The van der Waals surface area contributed by atoms with Crippen LogP contribution in [0.5, 0.6) is 0 Å². The summed E-state index contributed by atoms with van der Waals surface area (Å²) >= 11 is 0. The van der Waals surface area contributed by atoms with Gasteiger partial charge in [0.1, 0.15) is 5.82 Å². The van der Waals surface area contributed by atoms with Crippen LogP contribution < -0.4 is 0 Å². The third kappa shape index (κ3) is 2.30. The molecule has 1 aromatic carbocycles. The van der Waals surface area contributed by atoms with E-state index in [2.05, 4.69) is 0 Å². The number of aryl methyl sites for hydroxylation is 1. The molecule has 0 aromatic heterocycles. The lowest BCUT2D eigenvalue weighted by Gasteiger charge is -2.48. The van der Waals surface area contributed by atoms with Gasteiger partial charge in [-0.2, -0.15) is 0 Å². The Hall–Kier alpha value is -0.930. The van der Waals surface area contributed by atoms with Crippen LogP contribution in [0.3, 0.4) is 0 Å². The number of aliphatic hydroxyl groups excluding tert-OH is 1. The molecule has 0 bridgehead atoms. The molecule has 104 valence electrons. The highest BCUT2D eigenvalue weighted by Gasteiger charge is 2.44. The van der Waals surface area contributed by atoms with Gasteiger partial charge in [-0.15, -0.1) is 0 Å². The highest BCUT2D eigenvalue weighted by molar-refractivity contribution is 5.27. The fourth-order valence-corrected chi connectivity index (χ4v) is 3.41. The zero-order valence-electron chi connectivity index (χ0n) is 11.4. The Morgan fingerprint density at radius 3 is 2.89 bits per heavy atom. The summed E-state index contributed by atoms with van der Waals surface area (Å²) in [6, 6.07) is 5.26. The summed E-state index contributed by atoms with van der Waals surface area (Å²) in [4.78, 5) is 0. The molecule has 2 aliphatic rings. The van der Waals surface area contributed by atoms with E-state index in [1.807, 2.05) is 6.07 Å². The lowest BCUT2D eigenvalue weighted by molar-refractivity contribution is -0.157. The molecule has 1 aromatic rings. The van der Waals surface area contributed by atoms with E-state index in [4.69, 9.17) is 4.74 Å². The fourth-order valence-electron chi connectivity index (χ4n) is 3.41. The molecular formula is C16H21FO2. The molecule has 1 saturated carbocycles. The second-order valence-electron chi connectivity index (χ2n) is 6.06. The SMILES string of the molecule is Cc1cccc(C(O)C2CCOC3(CCC3)C2)c1F. The number of benzene rings is 1. The molecule has 1 heterocycles. The van der Waals surface area contributed by atoms with Crippen LogP contribution in [0.25, 0.3) is 0 Å². The Bertz CT molecular complexity index is 468. The van der Waals surface area contributed by atoms with Crippen LogP contribution in [-0.2, 0) is 4.74 Å². The van der Waals surface area contributed by atoms with E-state index < -0.39 is 6.10 Å². The first kappa shape index (κ1) is 13.1. The molecular weight excluding hydrogens is 243 g/mol. The van der Waals surface area contributed by atoms with Gasteiger partial charge < -0.3 is 9.84 Å². The zero-order valence-corrected chi connectivity index (χ0v) is 11.4. The van der Waals surface area contributed by atoms with Gasteiger partial charge in [-0.25, -0.2) is 4.39 Å². The maximum Gasteiger partial charge on any atom is 0.131 e. The Morgan fingerprint density at radius 1 is 1.42 bits per heavy atom. The second kappa shape index (κ2) is 4.88. The molecule has 0 radical (unpaired) electrons. The van der Waals surface area contributed by atoms with E-state index in [1.165, 1.54) is 6.42 Å². The predicted octanol–water partition coefficient (Wildman–Crippen LogP) is 3.52. The lowest BCUT2D eigenvalue weighted by Crippen LogP contribution is -2.46. The summed E-state index contributed by atoms with van der Waals surface area (Å²) in [5.41, 5.74) is 1.04. The average molecular weight is 264 g/mol. The largest absolute Gasteiger partial charge is 0.388 e. The van der Waals surface area contributed by atoms with Crippen molar-refractivity contribution in [3.05, 3.63) is 35.1 Å². The standard InChI is InChI=1S/C16H21FO2/c1-11-4-2-5-13(14(11)17)15(18)12-6-9-19-16(10-12)7-3-8-16/h2,4-5,12,15,18H,3,6-10H2,1H3. The Labute approximate surface area is 113 Å². The minimum absolute atomic E-state index is 0.00972. The Balaban J connectivity index is 1.79. The van der Waals surface area contributed by atoms with Gasteiger partial charge >= 0.3 is 0 Å². The molecule has 19 heavy (non-hydrogen) atoms. The zero-order chi connectivity index (χ0) is 13.5. The van der Waals surface area contributed by atoms with Crippen LogP contribution in [0.2, 0.25) is 0 Å². The van der Waals surface area contributed by atoms with Gasteiger partial charge in [-0.3, -0.25) is 0 Å². The number of rotatable bonds is 2. The number of hydrogen-bond acceptors (Lipinski definition) is 2. The summed E-state index contributed by atoms with van der Waals surface area (Å²) in [7, 11) is 0. The third-order valence-corrected chi connectivity index (χ3v) is 4.78. The van der Waals surface area contributed by atoms with Crippen LogP contribution in [-0.4, -0.2) is 17.3 Å². The molecule has 1 aliphatic heterocycles. The fraction of sp³-hybridized carbons (Fsp3) is 0.625. The van der Waals surface area contributed by atoms with E-state index in [0.29, 0.717) is 17.7 Å². The van der Waals surface area contributed by atoms with Crippen LogP contribution in [0.4, 0.5) is 4.39 Å². The molecule has 1 N–H and O–H groups in total. The molecule has 0 amide bonds. The number of halogens is 1. The van der Waals surface area contributed by atoms with Crippen molar-refractivity contribution in [2.45, 2.75) is 50.7 Å². The van der Waals surface area contributed by atoms with E-state index in [1.54, 1.807) is 19.1 Å². The van der Waals surface area contributed by atoms with Crippen LogP contribution in [0, 0.1) is 18.7 Å². The normalized spacial score (nSPS) is 27.0. The summed E-state index contributed by atoms with van der Waals surface area (Å²) < 4.78 is 20.0. The maximum atomic E-state index is 14.1. The molecule has 2 atom stereocenters. The van der Waals surface area contributed by atoms with Crippen molar-refractivity contribution in [3.8, 4) is 0 Å². The molecule has 1 aliphatic carbocycles. The molecule has 3 heteroatoms. The average Bonchev–Trinajstić information content (AvgIpc) is 2.39. The van der Waals surface area contributed by atoms with Crippen molar-refractivity contribution < 1.29 is 14.2 Å². The molecule has 1 spiro atoms. The predicted molar refractivity (Wildman–Crippen MR) is 71.4 cm³/mol. The van der Waals surface area contributed by atoms with Gasteiger partial charge in [0.25, 0.3) is 0 Å². The van der Waals surface area contributed by atoms with E-state index in [0.717, 1.165) is 25.7 Å². The van der Waals surface area contributed by atoms with Gasteiger partial charge in [0.2, 0.25) is 0 Å². The van der Waals surface area contributed by atoms with Crippen molar-refractivity contribution in [1.29, 1.82) is 0 Å². The second-order valence-corrected chi connectivity index (χ2v) is 6.06. The summed E-state index contributed by atoms with van der Waals surface area (Å²) in [6.45, 7) is 2.43. The van der Waals surface area contributed by atoms with Gasteiger partial charge in [0, 0.05) is 12.2 Å². The van der Waals surface area contributed by atoms with Gasteiger partial charge in [0.05, 0.1) is 11.7 Å². The van der Waals surface area contributed by atoms with E-state index in [9.17, 15) is 9.50 Å². The smallest absolute Gasteiger partial charge is 0.131 e. The van der Waals surface area contributed by atoms with Crippen molar-refractivity contribution >= 4 is 0 Å². The molecule has 2 unspecified atom stereocenters. The van der Waals surface area contributed by atoms with E-state index >= 15 is 0 Å². The summed E-state index contributed by atoms with van der Waals surface area (Å²) in [5.74, 6) is -0.144. The minimum atomic E-state index is -0.707. The van der Waals surface area contributed by atoms with Crippen molar-refractivity contribution in [2.24, 2.45) is 5.92 Å². The van der Waals surface area contributed by atoms with Crippen LogP contribution in [0.15, 0.2) is 18.2 Å². The molecule has 3 rings (SSSR count). The van der Waals surface area contributed by atoms with Gasteiger partial charge in [-0.1, -0.05) is 18.2 Å². The highest BCUT2D eigenvalue weighted by atomic mass is 19.1. The highest BCUT2D eigenvalue weighted by Crippen LogP contribution is 2.47. The summed E-state index contributed by atoms with van der Waals surface area (Å²) in [5, 5.41) is 10.5. The molecule has 2 fully saturated rings. The van der Waals surface area contributed by atoms with Crippen molar-refractivity contribution in [1.82, 2.24) is 0 Å². The van der Waals surface area contributed by atoms with Crippen LogP contribution >= 0.6 is 0 Å². The third-order valence-electron chi connectivity index (χ3n) is 4.78. The Morgan fingerprint density at radius 2 is 2.21 bits per heavy atom. The monoisotopic (exact) mass is 264 g/mol. The first-order valence-electron chi connectivity index (χ1n) is 7.18. The number of ether oxygens (including phenoxy) is 1. The van der Waals surface area contributed by atoms with E-state index in [-0.39, 0.29) is 17.3 Å². The number of hydrogen-bond donors (Lipinski definition) is 1. The molecule has 1 saturated heterocycles. The molecule has 2 nitrogen and oxygen atoms in total. The van der Waals surface area contributed by atoms with Gasteiger partial charge in [0.15, 0.2) is 0 Å². The van der Waals surface area contributed by atoms with Crippen molar-refractivity contribution in [3.63, 3.8) is 0 Å². The first-order chi connectivity index (χ1) is 9.11. The first-order valence-corrected chi connectivity index (χ1v) is 7.18. The number of aliphatic hydroxyl groups is 1. The summed E-state index contributed by atoms with van der Waals surface area (Å²) in [6.07, 6.45) is 4.36. The van der Waals surface area contributed by atoms with Gasteiger partial charge in [-0.05, 0) is 50.5 Å². The quantitative estimate of drug-likeness (QED) is 0.885.